The molecule has 1 aliphatic carbocycles. The third-order valence-electron chi connectivity index (χ3n) is 3.23. The largest absolute Gasteiger partial charge is 0.349 e. The molecule has 114 valence electrons. The van der Waals surface area contributed by atoms with Crippen molar-refractivity contribution in [2.24, 2.45) is 5.14 Å². The molecule has 0 radical (unpaired) electrons. The van der Waals surface area contributed by atoms with Crippen molar-refractivity contribution in [2.45, 2.75) is 30.2 Å². The minimum atomic E-state index is -4.28. The van der Waals surface area contributed by atoms with Gasteiger partial charge in [0, 0.05) is 17.7 Å². The number of hydrogen-bond donors (Lipinski definition) is 2. The van der Waals surface area contributed by atoms with Crippen LogP contribution >= 0.6 is 11.6 Å². The molecule has 3 N–H and O–H groups in total. The second kappa shape index (κ2) is 5.58. The highest BCUT2D eigenvalue weighted by Crippen LogP contribution is 2.32. The summed E-state index contributed by atoms with van der Waals surface area (Å²) in [6, 6.07) is 1.88. The summed E-state index contributed by atoms with van der Waals surface area (Å²) in [5.74, 6) is -0.593. The van der Waals surface area contributed by atoms with Gasteiger partial charge in [-0.25, -0.2) is 13.6 Å². The van der Waals surface area contributed by atoms with E-state index in [-0.39, 0.29) is 11.6 Å². The number of hydrogen-bond acceptors (Lipinski definition) is 5. The van der Waals surface area contributed by atoms with Crippen LogP contribution in [0.4, 0.5) is 5.69 Å². The molecule has 0 aliphatic heterocycles. The maximum Gasteiger partial charge on any atom is 0.290 e. The van der Waals surface area contributed by atoms with Gasteiger partial charge in [0.05, 0.1) is 4.92 Å². The Morgan fingerprint density at radius 1 is 1.43 bits per heavy atom. The number of halogens is 1. The van der Waals surface area contributed by atoms with Crippen molar-refractivity contribution in [2.75, 3.05) is 0 Å². The van der Waals surface area contributed by atoms with Gasteiger partial charge in [0.2, 0.25) is 10.0 Å². The van der Waals surface area contributed by atoms with Crippen molar-refractivity contribution in [3.8, 4) is 0 Å². The van der Waals surface area contributed by atoms with E-state index in [1.165, 1.54) is 0 Å². The molecule has 1 aliphatic rings. The lowest BCUT2D eigenvalue weighted by atomic mass is 9.93. The lowest BCUT2D eigenvalue weighted by Gasteiger charge is -2.26. The van der Waals surface area contributed by atoms with Crippen LogP contribution in [0.25, 0.3) is 0 Å². The molecule has 1 saturated carbocycles. The number of carbonyl (C=O) groups excluding carboxylic acids is 1. The number of benzene rings is 1. The second-order valence-corrected chi connectivity index (χ2v) is 6.62. The molecular weight excluding hydrogens is 322 g/mol. The van der Waals surface area contributed by atoms with Gasteiger partial charge in [-0.05, 0) is 25.3 Å². The average Bonchev–Trinajstić information content (AvgIpc) is 2.31. The Hall–Kier alpha value is -1.71. The van der Waals surface area contributed by atoms with Gasteiger partial charge in [0.1, 0.15) is 9.92 Å². The average molecular weight is 334 g/mol. The molecule has 10 heteroatoms. The zero-order valence-corrected chi connectivity index (χ0v) is 12.3. The van der Waals surface area contributed by atoms with Gasteiger partial charge in [-0.15, -0.1) is 0 Å². The summed E-state index contributed by atoms with van der Waals surface area (Å²) in [5, 5.41) is 17.9. The molecule has 0 heterocycles. The van der Waals surface area contributed by atoms with E-state index in [4.69, 9.17) is 16.7 Å². The van der Waals surface area contributed by atoms with Crippen LogP contribution in [-0.2, 0) is 10.0 Å². The number of nitrogens with two attached hydrogens (primary N) is 1. The van der Waals surface area contributed by atoms with Crippen molar-refractivity contribution in [1.29, 1.82) is 0 Å². The molecule has 0 unspecified atom stereocenters. The number of sulfonamides is 1. The van der Waals surface area contributed by atoms with Gasteiger partial charge in [-0.3, -0.25) is 14.9 Å². The number of nitrogens with zero attached hydrogens (tertiary/aromatic N) is 1. The summed E-state index contributed by atoms with van der Waals surface area (Å²) in [6.45, 7) is 0. The zero-order valence-electron chi connectivity index (χ0n) is 10.7. The highest BCUT2D eigenvalue weighted by molar-refractivity contribution is 7.89. The van der Waals surface area contributed by atoms with Gasteiger partial charge >= 0.3 is 0 Å². The fourth-order valence-electron chi connectivity index (χ4n) is 1.88. The SMILES string of the molecule is NS(=O)(=O)c1cc(C(=O)NC2CCC2)cc([N+](=O)[O-])c1Cl. The van der Waals surface area contributed by atoms with E-state index in [9.17, 15) is 23.3 Å². The van der Waals surface area contributed by atoms with Crippen molar-refractivity contribution in [3.05, 3.63) is 32.8 Å². The standard InChI is InChI=1S/C11H12ClN3O5S/c12-10-8(15(17)18)4-6(5-9(10)21(13,19)20)11(16)14-7-2-1-3-7/h4-5,7H,1-3H2,(H,14,16)(H2,13,19,20). The molecular formula is C11H12ClN3O5S. The Bertz CT molecular complexity index is 715. The molecule has 0 spiro atoms. The number of amides is 1. The Morgan fingerprint density at radius 2 is 2.05 bits per heavy atom. The van der Waals surface area contributed by atoms with Crippen LogP contribution in [0, 0.1) is 10.1 Å². The number of rotatable bonds is 4. The first-order chi connectivity index (χ1) is 9.70. The van der Waals surface area contributed by atoms with Gasteiger partial charge in [-0.1, -0.05) is 11.6 Å². The number of carbonyl (C=O) groups is 1. The maximum absolute atomic E-state index is 12.0. The Labute approximate surface area is 125 Å². The monoisotopic (exact) mass is 333 g/mol. The van der Waals surface area contributed by atoms with Crippen molar-refractivity contribution in [1.82, 2.24) is 5.32 Å². The summed E-state index contributed by atoms with van der Waals surface area (Å²) in [5.41, 5.74) is -0.844. The van der Waals surface area contributed by atoms with E-state index in [1.807, 2.05) is 0 Å². The highest BCUT2D eigenvalue weighted by atomic mass is 35.5. The molecule has 8 nitrogen and oxygen atoms in total. The maximum atomic E-state index is 12.0. The molecule has 2 rings (SSSR count). The fourth-order valence-corrected chi connectivity index (χ4v) is 3.02. The molecule has 0 saturated heterocycles. The van der Waals surface area contributed by atoms with Crippen LogP contribution in [0.3, 0.4) is 0 Å². The predicted molar refractivity (Wildman–Crippen MR) is 74.6 cm³/mol. The van der Waals surface area contributed by atoms with E-state index in [0.717, 1.165) is 31.4 Å². The first kappa shape index (κ1) is 15.7. The lowest BCUT2D eigenvalue weighted by Crippen LogP contribution is -2.39. The Kier molecular flexibility index (Phi) is 4.17. The summed E-state index contributed by atoms with van der Waals surface area (Å²) in [6.07, 6.45) is 2.64. The van der Waals surface area contributed by atoms with Crippen molar-refractivity contribution >= 4 is 33.2 Å². The van der Waals surface area contributed by atoms with E-state index in [2.05, 4.69) is 5.32 Å². The first-order valence-corrected chi connectivity index (χ1v) is 7.94. The molecule has 1 amide bonds. The van der Waals surface area contributed by atoms with Crippen LogP contribution in [0.2, 0.25) is 5.02 Å². The highest BCUT2D eigenvalue weighted by Gasteiger charge is 2.27. The van der Waals surface area contributed by atoms with Crippen LogP contribution in [0.15, 0.2) is 17.0 Å². The summed E-state index contributed by atoms with van der Waals surface area (Å²) < 4.78 is 22.9. The molecule has 1 fully saturated rings. The Morgan fingerprint density at radius 3 is 2.48 bits per heavy atom. The minimum Gasteiger partial charge on any atom is -0.349 e. The summed E-state index contributed by atoms with van der Waals surface area (Å²) in [7, 11) is -4.28. The van der Waals surface area contributed by atoms with Crippen LogP contribution in [0.1, 0.15) is 29.6 Å². The van der Waals surface area contributed by atoms with Gasteiger partial charge in [0.25, 0.3) is 11.6 Å². The minimum absolute atomic E-state index is 0.00479. The van der Waals surface area contributed by atoms with Crippen molar-refractivity contribution in [3.63, 3.8) is 0 Å². The zero-order chi connectivity index (χ0) is 15.8. The first-order valence-electron chi connectivity index (χ1n) is 6.01. The van der Waals surface area contributed by atoms with Crippen LogP contribution in [0.5, 0.6) is 0 Å². The van der Waals surface area contributed by atoms with E-state index in [0.29, 0.717) is 0 Å². The third kappa shape index (κ3) is 3.31. The predicted octanol–water partition coefficient (Wildman–Crippen LogP) is 1.18. The topological polar surface area (TPSA) is 132 Å². The van der Waals surface area contributed by atoms with Gasteiger partial charge in [-0.2, -0.15) is 0 Å². The van der Waals surface area contributed by atoms with E-state index in [1.54, 1.807) is 0 Å². The fraction of sp³-hybridized carbons (Fsp3) is 0.364. The summed E-state index contributed by atoms with van der Waals surface area (Å²) >= 11 is 5.68. The quantitative estimate of drug-likeness (QED) is 0.630. The van der Waals surface area contributed by atoms with Crippen LogP contribution in [-0.4, -0.2) is 25.3 Å². The lowest BCUT2D eigenvalue weighted by molar-refractivity contribution is -0.384. The molecule has 0 bridgehead atoms. The molecule has 21 heavy (non-hydrogen) atoms. The number of nitro benzene ring substituents is 1. The number of nitrogens with one attached hydrogen (secondary N) is 1. The third-order valence-corrected chi connectivity index (χ3v) is 4.67. The molecule has 0 atom stereocenters. The second-order valence-electron chi connectivity index (χ2n) is 4.71. The van der Waals surface area contributed by atoms with Gasteiger partial charge in [0.15, 0.2) is 0 Å². The van der Waals surface area contributed by atoms with Gasteiger partial charge < -0.3 is 5.32 Å². The number of primary sulfonamides is 1. The molecule has 0 aromatic heterocycles. The smallest absolute Gasteiger partial charge is 0.290 e. The normalized spacial score (nSPS) is 15.3. The van der Waals surface area contributed by atoms with Crippen LogP contribution < -0.4 is 10.5 Å². The molecule has 1 aromatic carbocycles. The number of nitro groups is 1. The van der Waals surface area contributed by atoms with Crippen molar-refractivity contribution < 1.29 is 18.1 Å². The van der Waals surface area contributed by atoms with E-state index < -0.39 is 36.5 Å². The summed E-state index contributed by atoms with van der Waals surface area (Å²) in [4.78, 5) is 21.4. The Balaban J connectivity index is 2.48. The van der Waals surface area contributed by atoms with E-state index >= 15 is 0 Å². The molecule has 1 aromatic rings.